The largest absolute Gasteiger partial charge is 0.466 e. The van der Waals surface area contributed by atoms with Gasteiger partial charge in [-0.05, 0) is 171 Å². The molecule has 0 aromatic heterocycles. The molecule has 0 saturated carbocycles. The van der Waals surface area contributed by atoms with Crippen LogP contribution in [0.5, 0.6) is 0 Å². The Kier molecular flexibility index (Phi) is 26.2. The van der Waals surface area contributed by atoms with E-state index in [2.05, 4.69) is 51.7 Å². The van der Waals surface area contributed by atoms with Gasteiger partial charge in [-0.1, -0.05) is 87.0 Å². The van der Waals surface area contributed by atoms with Crippen LogP contribution in [0.2, 0.25) is 0 Å². The van der Waals surface area contributed by atoms with Crippen molar-refractivity contribution in [3.8, 4) is 11.1 Å². The summed E-state index contributed by atoms with van der Waals surface area (Å²) in [7, 11) is 2.46. The predicted molar refractivity (Wildman–Crippen MR) is 342 cm³/mol. The standard InChI is InChI=1S/C72H76N2O16/c1-11-85-71(81)51(7)45-89-66(76)38-18-54-15-29-60(30-16-54)74(64-36-20-56(48(4)42-64)26-40-68(78)90-46-52(8)72(82)86-12-2)62-33-23-58(24-34-62)57-21-31-61(32-22-57)73(59-27-13-53(14-28-59)17-37-65(75)87-43-49(5)69(79)83-9)63-35-19-55(47(3)41-63)25-39-67(77)88-44-50(6)70(80)84-10/h13-16,19-24,27-36,41-42H,5-8,11-12,17-18,25-26,37-40,43-46H2,1-4,9-10H3. The number of methoxy groups -OCH3 is 2. The quantitative estimate of drug-likeness (QED) is 0.0212. The molecule has 0 aliphatic heterocycles. The Morgan fingerprint density at radius 1 is 0.344 bits per heavy atom. The zero-order valence-corrected chi connectivity index (χ0v) is 51.9. The zero-order valence-electron chi connectivity index (χ0n) is 51.9. The van der Waals surface area contributed by atoms with Gasteiger partial charge < -0.3 is 47.7 Å². The van der Waals surface area contributed by atoms with Crippen molar-refractivity contribution in [2.45, 2.75) is 79.1 Å². The van der Waals surface area contributed by atoms with Gasteiger partial charge in [0.2, 0.25) is 0 Å². The highest BCUT2D eigenvalue weighted by molar-refractivity contribution is 5.90. The Balaban J connectivity index is 1.25. The van der Waals surface area contributed by atoms with Gasteiger partial charge in [0.15, 0.2) is 0 Å². The average Bonchev–Trinajstić information content (AvgIpc) is 0.962. The third-order valence-corrected chi connectivity index (χ3v) is 14.3. The summed E-state index contributed by atoms with van der Waals surface area (Å²) in [5.41, 5.74) is 12.6. The minimum absolute atomic E-state index is 0.0368. The molecule has 0 amide bonds. The van der Waals surface area contributed by atoms with Gasteiger partial charge in [0.05, 0.1) is 49.7 Å². The molecule has 6 aromatic rings. The molecule has 0 spiro atoms. The van der Waals surface area contributed by atoms with Crippen LogP contribution in [0.4, 0.5) is 34.1 Å². The summed E-state index contributed by atoms with van der Waals surface area (Å²) >= 11 is 0. The highest BCUT2D eigenvalue weighted by atomic mass is 16.6. The van der Waals surface area contributed by atoms with E-state index in [4.69, 9.17) is 28.4 Å². The van der Waals surface area contributed by atoms with Gasteiger partial charge in [-0.25, -0.2) is 19.2 Å². The lowest BCUT2D eigenvalue weighted by molar-refractivity contribution is -0.146. The first-order valence-corrected chi connectivity index (χ1v) is 29.2. The van der Waals surface area contributed by atoms with E-state index in [9.17, 15) is 38.4 Å². The summed E-state index contributed by atoms with van der Waals surface area (Å²) in [6.45, 7) is 21.2. The fraction of sp³-hybridized carbons (Fsp3) is 0.278. The topological polar surface area (TPSA) is 217 Å². The maximum Gasteiger partial charge on any atom is 0.336 e. The normalized spacial score (nSPS) is 10.6. The lowest BCUT2D eigenvalue weighted by Crippen LogP contribution is -2.15. The first-order chi connectivity index (χ1) is 43.2. The van der Waals surface area contributed by atoms with Crippen LogP contribution in [-0.4, -0.2) is 102 Å². The SMILES string of the molecule is C=C(COC(=O)CCc1ccc(N(c2ccc(-c3ccc(N(c4ccc(CCC(=O)OCC(=C)C(=O)OCC)cc4)c4ccc(CCC(=O)OCC(=C)C(=O)OCC)c(C)c4)cc3)cc2)c2ccc(CCC(=O)OCC(=C)C(=O)OC)c(C)c2)cc1)C(=O)OC. The van der Waals surface area contributed by atoms with Crippen LogP contribution in [0.3, 0.4) is 0 Å². The Labute approximate surface area is 525 Å². The number of hydrogen-bond donors (Lipinski definition) is 0. The number of hydrogen-bond acceptors (Lipinski definition) is 18. The van der Waals surface area contributed by atoms with Crippen molar-refractivity contribution in [1.82, 2.24) is 0 Å². The molecule has 0 bridgehead atoms. The van der Waals surface area contributed by atoms with Crippen molar-refractivity contribution in [2.75, 3.05) is 63.7 Å². The number of aryl methyl sites for hydroxylation is 6. The Hall–Kier alpha value is -10.4. The van der Waals surface area contributed by atoms with Crippen LogP contribution in [0, 0.1) is 13.8 Å². The van der Waals surface area contributed by atoms with Crippen molar-refractivity contribution in [3.63, 3.8) is 0 Å². The summed E-state index contributed by atoms with van der Waals surface area (Å²) < 4.78 is 40.3. The Morgan fingerprint density at radius 3 is 0.889 bits per heavy atom. The van der Waals surface area contributed by atoms with Crippen molar-refractivity contribution >= 4 is 81.9 Å². The van der Waals surface area contributed by atoms with Gasteiger partial charge in [0.25, 0.3) is 0 Å². The van der Waals surface area contributed by atoms with Gasteiger partial charge in [-0.15, -0.1) is 0 Å². The highest BCUT2D eigenvalue weighted by Crippen LogP contribution is 2.40. The molecular weight excluding hydrogens is 1150 g/mol. The van der Waals surface area contributed by atoms with E-state index in [0.717, 1.165) is 78.6 Å². The number of rotatable bonds is 33. The Bertz CT molecular complexity index is 3590. The molecule has 0 atom stereocenters. The number of anilines is 6. The fourth-order valence-electron chi connectivity index (χ4n) is 9.24. The number of carbonyl (C=O) groups is 8. The molecule has 470 valence electrons. The number of nitrogens with zero attached hydrogens (tertiary/aromatic N) is 2. The number of carbonyl (C=O) groups excluding carboxylic acids is 8. The monoisotopic (exact) mass is 1220 g/mol. The summed E-state index contributed by atoms with van der Waals surface area (Å²) in [5, 5.41) is 0. The highest BCUT2D eigenvalue weighted by Gasteiger charge is 2.20. The summed E-state index contributed by atoms with van der Waals surface area (Å²) in [4.78, 5) is 102. The average molecular weight is 1230 g/mol. The van der Waals surface area contributed by atoms with E-state index < -0.39 is 47.8 Å². The zero-order chi connectivity index (χ0) is 65.3. The van der Waals surface area contributed by atoms with E-state index in [1.54, 1.807) is 13.8 Å². The molecule has 18 nitrogen and oxygen atoms in total. The minimum Gasteiger partial charge on any atom is -0.466 e. The summed E-state index contributed by atoms with van der Waals surface area (Å²) in [6, 6.07) is 44.1. The van der Waals surface area contributed by atoms with Gasteiger partial charge in [-0.2, -0.15) is 0 Å². The summed E-state index contributed by atoms with van der Waals surface area (Å²) in [5.74, 6) is -4.45. The maximum absolute atomic E-state index is 12.7. The number of benzene rings is 6. The molecule has 0 saturated heterocycles. The molecule has 0 aliphatic rings. The molecule has 0 unspecified atom stereocenters. The van der Waals surface area contributed by atoms with Crippen molar-refractivity contribution < 1.29 is 76.3 Å². The molecule has 0 N–H and O–H groups in total. The van der Waals surface area contributed by atoms with Gasteiger partial charge in [-0.3, -0.25) is 19.2 Å². The van der Waals surface area contributed by atoms with Crippen LogP contribution >= 0.6 is 0 Å². The molecule has 0 radical (unpaired) electrons. The van der Waals surface area contributed by atoms with Gasteiger partial charge in [0, 0.05) is 59.8 Å². The molecule has 0 fully saturated rings. The summed E-state index contributed by atoms with van der Waals surface area (Å²) in [6.07, 6.45) is 1.89. The van der Waals surface area contributed by atoms with Crippen LogP contribution in [0.1, 0.15) is 72.9 Å². The molecule has 6 rings (SSSR count). The van der Waals surface area contributed by atoms with Crippen molar-refractivity contribution in [2.24, 2.45) is 0 Å². The second kappa shape index (κ2) is 34.3. The predicted octanol–water partition coefficient (Wildman–Crippen LogP) is 12.5. The third kappa shape index (κ3) is 20.4. The molecule has 90 heavy (non-hydrogen) atoms. The fourth-order valence-corrected chi connectivity index (χ4v) is 9.24. The van der Waals surface area contributed by atoms with Crippen LogP contribution < -0.4 is 9.80 Å². The second-order valence-electron chi connectivity index (χ2n) is 20.8. The Morgan fingerprint density at radius 2 is 0.611 bits per heavy atom. The molecule has 18 heteroatoms. The second-order valence-corrected chi connectivity index (χ2v) is 20.8. The van der Waals surface area contributed by atoms with E-state index in [-0.39, 0.29) is 87.6 Å². The van der Waals surface area contributed by atoms with Crippen molar-refractivity contribution in [1.29, 1.82) is 0 Å². The van der Waals surface area contributed by atoms with E-state index in [1.165, 1.54) is 14.2 Å². The first-order valence-electron chi connectivity index (χ1n) is 29.2. The maximum atomic E-state index is 12.7. The number of esters is 8. The minimum atomic E-state index is -0.649. The van der Waals surface area contributed by atoms with Crippen molar-refractivity contribution in [3.05, 3.63) is 215 Å². The van der Waals surface area contributed by atoms with Crippen LogP contribution in [0.15, 0.2) is 182 Å². The third-order valence-electron chi connectivity index (χ3n) is 14.3. The molecular formula is C72H76N2O16. The smallest absolute Gasteiger partial charge is 0.336 e. The van der Waals surface area contributed by atoms with Gasteiger partial charge in [0.1, 0.15) is 26.4 Å². The van der Waals surface area contributed by atoms with E-state index in [0.29, 0.717) is 25.7 Å². The lowest BCUT2D eigenvalue weighted by Gasteiger charge is -2.27. The van der Waals surface area contributed by atoms with Gasteiger partial charge >= 0.3 is 47.8 Å². The molecule has 0 heterocycles. The molecule has 6 aromatic carbocycles. The number of ether oxygens (including phenoxy) is 8. The van der Waals surface area contributed by atoms with Crippen LogP contribution in [0.25, 0.3) is 11.1 Å². The first kappa shape index (κ1) is 68.7. The van der Waals surface area contributed by atoms with E-state index >= 15 is 0 Å². The molecule has 0 aliphatic carbocycles. The van der Waals surface area contributed by atoms with E-state index in [1.807, 2.05) is 141 Å². The van der Waals surface area contributed by atoms with Crippen LogP contribution in [-0.2, 0) is 102 Å². The lowest BCUT2D eigenvalue weighted by atomic mass is 10.0.